The predicted molar refractivity (Wildman–Crippen MR) is 152 cm³/mol. The van der Waals surface area contributed by atoms with Crippen LogP contribution in [0, 0.1) is 11.9 Å². The molecular weight excluding hydrogens is 501 g/mol. The van der Waals surface area contributed by atoms with Crippen LogP contribution in [0.4, 0.5) is 15.0 Å². The molecule has 0 spiro atoms. The van der Waals surface area contributed by atoms with Gasteiger partial charge in [0.1, 0.15) is 17.2 Å². The Morgan fingerprint density at radius 1 is 1.11 bits per heavy atom. The highest BCUT2D eigenvalue weighted by Gasteiger charge is 2.39. The number of nitrogens with zero attached hydrogens (tertiary/aromatic N) is 3. The number of benzene rings is 1. The lowest BCUT2D eigenvalue weighted by Gasteiger charge is -2.40. The minimum atomic E-state index is -2.08. The van der Waals surface area contributed by atoms with Gasteiger partial charge in [-0.05, 0) is 87.6 Å². The first-order valence-corrected chi connectivity index (χ1v) is 16.1. The Hall–Kier alpha value is -2.91. The first kappa shape index (κ1) is 28.1. The molecular formula is C29H40FN3O4Si. The van der Waals surface area contributed by atoms with Crippen molar-refractivity contribution in [3.63, 3.8) is 0 Å². The summed E-state index contributed by atoms with van der Waals surface area (Å²) in [6.45, 7) is 17.9. The Labute approximate surface area is 225 Å². The molecule has 4 rings (SSSR count). The van der Waals surface area contributed by atoms with Gasteiger partial charge < -0.3 is 19.2 Å². The predicted octanol–water partition coefficient (Wildman–Crippen LogP) is 6.83. The molecule has 1 N–H and O–H groups in total. The molecule has 0 amide bonds. The maximum absolute atomic E-state index is 15.5. The molecule has 1 aliphatic rings. The van der Waals surface area contributed by atoms with E-state index in [2.05, 4.69) is 38.8 Å². The van der Waals surface area contributed by atoms with E-state index in [1.54, 1.807) is 39.0 Å². The number of hydrogen-bond acceptors (Lipinski definition) is 6. The van der Waals surface area contributed by atoms with Gasteiger partial charge in [-0.3, -0.25) is 0 Å². The van der Waals surface area contributed by atoms with Crippen molar-refractivity contribution in [3.05, 3.63) is 42.3 Å². The van der Waals surface area contributed by atoms with Crippen LogP contribution in [0.15, 0.2) is 36.4 Å². The highest BCUT2D eigenvalue weighted by molar-refractivity contribution is 6.74. The molecule has 3 heterocycles. The molecule has 1 fully saturated rings. The fourth-order valence-corrected chi connectivity index (χ4v) is 5.34. The number of halogens is 1. The summed E-state index contributed by atoms with van der Waals surface area (Å²) in [5, 5.41) is 9.91. The van der Waals surface area contributed by atoms with E-state index in [4.69, 9.17) is 14.3 Å². The zero-order valence-electron chi connectivity index (χ0n) is 23.8. The van der Waals surface area contributed by atoms with Crippen molar-refractivity contribution in [2.45, 2.75) is 71.7 Å². The Kier molecular flexibility index (Phi) is 7.40. The van der Waals surface area contributed by atoms with Crippen molar-refractivity contribution < 1.29 is 23.5 Å². The summed E-state index contributed by atoms with van der Waals surface area (Å²) in [6.07, 6.45) is 0.146. The number of hydrogen-bond donors (Lipinski definition) is 1. The number of anilines is 1. The average molecular weight is 542 g/mol. The van der Waals surface area contributed by atoms with Gasteiger partial charge in [-0.1, -0.05) is 20.8 Å². The molecule has 1 saturated heterocycles. The third-order valence-corrected chi connectivity index (χ3v) is 11.8. The van der Waals surface area contributed by atoms with E-state index < -0.39 is 26.0 Å². The summed E-state index contributed by atoms with van der Waals surface area (Å²) in [5.41, 5.74) is 0.474. The van der Waals surface area contributed by atoms with Gasteiger partial charge in [-0.25, -0.2) is 14.3 Å². The number of aliphatic hydroxyl groups excluding tert-OH is 1. The van der Waals surface area contributed by atoms with Gasteiger partial charge in [0.25, 0.3) is 0 Å². The highest BCUT2D eigenvalue weighted by atomic mass is 28.4. The first-order valence-electron chi connectivity index (χ1n) is 13.2. The van der Waals surface area contributed by atoms with Crippen LogP contribution in [0.1, 0.15) is 48.0 Å². The molecule has 0 aliphatic carbocycles. The average Bonchev–Trinajstić information content (AvgIpc) is 3.12. The van der Waals surface area contributed by atoms with Crippen LogP contribution in [-0.4, -0.2) is 54.4 Å². The van der Waals surface area contributed by atoms with Crippen molar-refractivity contribution in [2.24, 2.45) is 5.92 Å². The smallest absolute Gasteiger partial charge is 0.419 e. The number of fused-ring (bicyclic) bond motifs is 1. The Bertz CT molecular complexity index is 1330. The van der Waals surface area contributed by atoms with Crippen LogP contribution in [-0.2, 0) is 4.74 Å². The summed E-state index contributed by atoms with van der Waals surface area (Å²) >= 11 is 0. The van der Waals surface area contributed by atoms with Crippen LogP contribution in [0.3, 0.4) is 0 Å². The van der Waals surface area contributed by atoms with Gasteiger partial charge in [-0.2, -0.15) is 4.39 Å². The van der Waals surface area contributed by atoms with E-state index in [9.17, 15) is 4.79 Å². The molecule has 3 aromatic rings. The Balaban J connectivity index is 1.75. The summed E-state index contributed by atoms with van der Waals surface area (Å²) in [6, 6.07) is 10.8. The van der Waals surface area contributed by atoms with E-state index >= 15 is 4.39 Å². The lowest BCUT2D eigenvalue weighted by atomic mass is 9.97. The summed E-state index contributed by atoms with van der Waals surface area (Å²) in [7, 11) is -2.08. The molecule has 1 aliphatic heterocycles. The lowest BCUT2D eigenvalue weighted by Crippen LogP contribution is -2.47. The van der Waals surface area contributed by atoms with Crippen molar-refractivity contribution >= 4 is 31.1 Å². The standard InChI is InChI=1S/C29H40FN3O4Si/c1-28(2,3)36-27(35)33-23-11-9-21(37-38(7,8)29(4,5)6)15-20(23)16-24(33)22-10-12-25(31-26(22)30)32-17-19(18-32)13-14-34/h9-12,15-16,19,34H,13-14,17-18H2,1-8H3. The maximum atomic E-state index is 15.5. The lowest BCUT2D eigenvalue weighted by molar-refractivity contribution is 0.0547. The van der Waals surface area contributed by atoms with Gasteiger partial charge in [0.15, 0.2) is 0 Å². The minimum Gasteiger partial charge on any atom is -0.543 e. The first-order chi connectivity index (χ1) is 17.6. The van der Waals surface area contributed by atoms with E-state index in [1.165, 1.54) is 4.57 Å². The summed E-state index contributed by atoms with van der Waals surface area (Å²) in [5.74, 6) is 1.01. The number of carbonyl (C=O) groups is 1. The third-order valence-electron chi connectivity index (χ3n) is 7.46. The van der Waals surface area contributed by atoms with Crippen molar-refractivity contribution in [3.8, 4) is 17.0 Å². The molecule has 0 saturated carbocycles. The summed E-state index contributed by atoms with van der Waals surface area (Å²) < 4.78 is 29.1. The van der Waals surface area contributed by atoms with Crippen LogP contribution in [0.2, 0.25) is 18.1 Å². The van der Waals surface area contributed by atoms with Crippen LogP contribution in [0.5, 0.6) is 5.75 Å². The topological polar surface area (TPSA) is 76.8 Å². The number of ether oxygens (including phenoxy) is 1. The van der Waals surface area contributed by atoms with E-state index in [1.807, 2.05) is 23.1 Å². The van der Waals surface area contributed by atoms with E-state index in [0.717, 1.165) is 30.6 Å². The van der Waals surface area contributed by atoms with Gasteiger partial charge >= 0.3 is 6.09 Å². The second-order valence-corrected chi connectivity index (χ2v) is 17.4. The molecule has 206 valence electrons. The van der Waals surface area contributed by atoms with Gasteiger partial charge in [0.05, 0.1) is 16.8 Å². The van der Waals surface area contributed by atoms with Crippen molar-refractivity contribution in [1.29, 1.82) is 0 Å². The minimum absolute atomic E-state index is 0.0285. The van der Waals surface area contributed by atoms with E-state index in [0.29, 0.717) is 22.9 Å². The summed E-state index contributed by atoms with van der Waals surface area (Å²) in [4.78, 5) is 19.6. The van der Waals surface area contributed by atoms with Crippen LogP contribution < -0.4 is 9.33 Å². The SMILES string of the molecule is CC(C)(C)OC(=O)n1c(-c2ccc(N3CC(CCO)C3)nc2F)cc2cc(O[Si](C)(C)C(C)(C)C)ccc21. The molecule has 0 radical (unpaired) electrons. The fraction of sp³-hybridized carbons (Fsp3) is 0.517. The zero-order valence-corrected chi connectivity index (χ0v) is 24.8. The highest BCUT2D eigenvalue weighted by Crippen LogP contribution is 2.39. The quantitative estimate of drug-likeness (QED) is 0.272. The molecule has 7 nitrogen and oxygen atoms in total. The largest absolute Gasteiger partial charge is 0.543 e. The zero-order chi connectivity index (χ0) is 28.0. The monoisotopic (exact) mass is 541 g/mol. The van der Waals surface area contributed by atoms with E-state index in [-0.39, 0.29) is 17.2 Å². The Morgan fingerprint density at radius 3 is 2.37 bits per heavy atom. The third kappa shape index (κ3) is 5.73. The second-order valence-electron chi connectivity index (χ2n) is 12.7. The molecule has 38 heavy (non-hydrogen) atoms. The van der Waals surface area contributed by atoms with Crippen LogP contribution in [0.25, 0.3) is 22.2 Å². The molecule has 0 atom stereocenters. The van der Waals surface area contributed by atoms with Crippen LogP contribution >= 0.6 is 0 Å². The number of rotatable bonds is 6. The second kappa shape index (κ2) is 10.0. The number of aliphatic hydroxyl groups is 1. The molecule has 1 aromatic carbocycles. The van der Waals surface area contributed by atoms with Gasteiger partial charge in [0, 0.05) is 25.1 Å². The number of aromatic nitrogens is 2. The Morgan fingerprint density at radius 2 is 1.79 bits per heavy atom. The van der Waals surface area contributed by atoms with Gasteiger partial charge in [0.2, 0.25) is 14.3 Å². The number of carbonyl (C=O) groups excluding carboxylic acids is 1. The van der Waals surface area contributed by atoms with Gasteiger partial charge in [-0.15, -0.1) is 0 Å². The van der Waals surface area contributed by atoms with Crippen molar-refractivity contribution in [1.82, 2.24) is 9.55 Å². The normalized spacial score (nSPS) is 15.1. The molecule has 0 unspecified atom stereocenters. The molecule has 0 bridgehead atoms. The molecule has 2 aromatic heterocycles. The maximum Gasteiger partial charge on any atom is 0.419 e. The van der Waals surface area contributed by atoms with Crippen molar-refractivity contribution in [2.75, 3.05) is 24.6 Å². The molecule has 9 heteroatoms. The fourth-order valence-electron chi connectivity index (χ4n) is 4.32. The number of pyridine rings is 1.